The molecule has 0 aromatic heterocycles. The second-order valence-corrected chi connectivity index (χ2v) is 6.09. The molecule has 0 radical (unpaired) electrons. The van der Waals surface area contributed by atoms with Crippen LogP contribution >= 0.6 is 0 Å². The number of methoxy groups -OCH3 is 2. The number of aliphatic hydroxyl groups excluding tert-OH is 1. The summed E-state index contributed by atoms with van der Waals surface area (Å²) in [7, 11) is -1.19. The highest BCUT2D eigenvalue weighted by Crippen LogP contribution is 2.38. The molecule has 0 aliphatic heterocycles. The molecule has 0 amide bonds. The SMILES string of the molecule is CCOC(=O)C(O)c1c(OC)ccc(OC)c1S(C)(=O)=O. The topological polar surface area (TPSA) is 99.1 Å². The molecule has 0 saturated heterocycles. The number of aliphatic hydroxyl groups is 1. The Hall–Kier alpha value is -1.80. The molecule has 1 N–H and O–H groups in total. The van der Waals surface area contributed by atoms with Crippen LogP contribution in [0, 0.1) is 0 Å². The monoisotopic (exact) mass is 318 g/mol. The molecule has 8 heteroatoms. The number of carbonyl (C=O) groups excluding carboxylic acids is 1. The first-order chi connectivity index (χ1) is 9.77. The van der Waals surface area contributed by atoms with Crippen LogP contribution in [0.4, 0.5) is 0 Å². The molecule has 0 aliphatic carbocycles. The largest absolute Gasteiger partial charge is 0.496 e. The Balaban J connectivity index is 3.63. The minimum atomic E-state index is -3.78. The molecule has 1 unspecified atom stereocenters. The van der Waals surface area contributed by atoms with Crippen LogP contribution in [-0.4, -0.2) is 46.6 Å². The molecule has 1 aromatic carbocycles. The van der Waals surface area contributed by atoms with E-state index in [2.05, 4.69) is 0 Å². The van der Waals surface area contributed by atoms with Crippen molar-refractivity contribution in [2.45, 2.75) is 17.9 Å². The van der Waals surface area contributed by atoms with Crippen molar-refractivity contribution in [3.05, 3.63) is 17.7 Å². The van der Waals surface area contributed by atoms with Gasteiger partial charge in [0, 0.05) is 6.26 Å². The first-order valence-electron chi connectivity index (χ1n) is 6.07. The zero-order valence-electron chi connectivity index (χ0n) is 12.2. The number of benzene rings is 1. The second kappa shape index (κ2) is 6.77. The van der Waals surface area contributed by atoms with Crippen LogP contribution in [-0.2, 0) is 19.4 Å². The summed E-state index contributed by atoms with van der Waals surface area (Å²) in [6, 6.07) is 2.79. The van der Waals surface area contributed by atoms with Gasteiger partial charge in [0.15, 0.2) is 15.9 Å². The number of carbonyl (C=O) groups is 1. The highest BCUT2D eigenvalue weighted by molar-refractivity contribution is 7.90. The summed E-state index contributed by atoms with van der Waals surface area (Å²) in [5.41, 5.74) is -0.196. The van der Waals surface area contributed by atoms with E-state index in [1.54, 1.807) is 6.92 Å². The summed E-state index contributed by atoms with van der Waals surface area (Å²) in [5.74, 6) is -0.901. The summed E-state index contributed by atoms with van der Waals surface area (Å²) in [6.07, 6.45) is -0.842. The van der Waals surface area contributed by atoms with Crippen LogP contribution in [0.5, 0.6) is 11.5 Å². The molecule has 21 heavy (non-hydrogen) atoms. The quantitative estimate of drug-likeness (QED) is 0.771. The molecule has 0 fully saturated rings. The van der Waals surface area contributed by atoms with Crippen molar-refractivity contribution in [3.63, 3.8) is 0 Å². The van der Waals surface area contributed by atoms with Gasteiger partial charge >= 0.3 is 5.97 Å². The summed E-state index contributed by atoms with van der Waals surface area (Å²) >= 11 is 0. The zero-order chi connectivity index (χ0) is 16.2. The highest BCUT2D eigenvalue weighted by Gasteiger charge is 2.32. The lowest BCUT2D eigenvalue weighted by Gasteiger charge is -2.19. The summed E-state index contributed by atoms with van der Waals surface area (Å²) < 4.78 is 38.7. The van der Waals surface area contributed by atoms with E-state index in [0.29, 0.717) is 0 Å². The minimum Gasteiger partial charge on any atom is -0.496 e. The third-order valence-corrected chi connectivity index (χ3v) is 3.88. The number of sulfone groups is 1. The van der Waals surface area contributed by atoms with Crippen LogP contribution < -0.4 is 9.47 Å². The van der Waals surface area contributed by atoms with E-state index in [4.69, 9.17) is 14.2 Å². The maximum atomic E-state index is 12.0. The third kappa shape index (κ3) is 3.64. The standard InChI is InChI=1S/C13H18O7S/c1-5-20-13(15)11(14)10-8(18-2)6-7-9(19-3)12(10)21(4,16)17/h6-7,11,14H,5H2,1-4H3. The van der Waals surface area contributed by atoms with E-state index >= 15 is 0 Å². The molecule has 0 aliphatic rings. The molecular weight excluding hydrogens is 300 g/mol. The van der Waals surface area contributed by atoms with Gasteiger partial charge in [-0.05, 0) is 19.1 Å². The Morgan fingerprint density at radius 3 is 2.19 bits per heavy atom. The summed E-state index contributed by atoms with van der Waals surface area (Å²) in [4.78, 5) is 11.4. The third-order valence-electron chi connectivity index (χ3n) is 2.71. The van der Waals surface area contributed by atoms with Crippen molar-refractivity contribution in [2.24, 2.45) is 0 Å². The minimum absolute atomic E-state index is 0.0108. The van der Waals surface area contributed by atoms with Crippen molar-refractivity contribution in [3.8, 4) is 11.5 Å². The molecule has 118 valence electrons. The van der Waals surface area contributed by atoms with Crippen LogP contribution in [0.15, 0.2) is 17.0 Å². The zero-order valence-corrected chi connectivity index (χ0v) is 13.1. The molecule has 0 bridgehead atoms. The lowest BCUT2D eigenvalue weighted by atomic mass is 10.1. The first kappa shape index (κ1) is 17.3. The smallest absolute Gasteiger partial charge is 0.339 e. The van der Waals surface area contributed by atoms with Gasteiger partial charge in [-0.2, -0.15) is 0 Å². The fourth-order valence-corrected chi connectivity index (χ4v) is 3.01. The van der Waals surface area contributed by atoms with Gasteiger partial charge < -0.3 is 19.3 Å². The average Bonchev–Trinajstić information content (AvgIpc) is 2.44. The van der Waals surface area contributed by atoms with Gasteiger partial charge in [-0.15, -0.1) is 0 Å². The predicted octanol–water partition coefficient (Wildman–Crippen LogP) is 0.704. The van der Waals surface area contributed by atoms with Crippen molar-refractivity contribution in [1.82, 2.24) is 0 Å². The predicted molar refractivity (Wildman–Crippen MR) is 74.2 cm³/mol. The maximum absolute atomic E-state index is 12.0. The molecule has 1 atom stereocenters. The number of hydrogen-bond acceptors (Lipinski definition) is 7. The van der Waals surface area contributed by atoms with E-state index in [1.165, 1.54) is 26.4 Å². The van der Waals surface area contributed by atoms with Gasteiger partial charge in [0.1, 0.15) is 16.4 Å². The second-order valence-electron chi connectivity index (χ2n) is 4.14. The van der Waals surface area contributed by atoms with Crippen molar-refractivity contribution < 1.29 is 32.5 Å². The summed E-state index contributed by atoms with van der Waals surface area (Å²) in [6.45, 7) is 1.63. The van der Waals surface area contributed by atoms with Gasteiger partial charge in [0.2, 0.25) is 0 Å². The lowest BCUT2D eigenvalue weighted by Crippen LogP contribution is -2.19. The Labute approximate surface area is 123 Å². The van der Waals surface area contributed by atoms with E-state index in [1.807, 2.05) is 0 Å². The fraction of sp³-hybridized carbons (Fsp3) is 0.462. The van der Waals surface area contributed by atoms with Crippen LogP contribution in [0.25, 0.3) is 0 Å². The van der Waals surface area contributed by atoms with Crippen LogP contribution in [0.3, 0.4) is 0 Å². The number of ether oxygens (including phenoxy) is 3. The van der Waals surface area contributed by atoms with Crippen LogP contribution in [0.2, 0.25) is 0 Å². The van der Waals surface area contributed by atoms with Gasteiger partial charge in [-0.25, -0.2) is 13.2 Å². The molecule has 0 saturated carbocycles. The molecular formula is C13H18O7S. The Kier molecular flexibility index (Phi) is 5.56. The Morgan fingerprint density at radius 1 is 1.24 bits per heavy atom. The van der Waals surface area contributed by atoms with Gasteiger partial charge in [-0.3, -0.25) is 0 Å². The fourth-order valence-electron chi connectivity index (χ4n) is 1.88. The molecule has 0 heterocycles. The highest BCUT2D eigenvalue weighted by atomic mass is 32.2. The molecule has 0 spiro atoms. The molecule has 1 aromatic rings. The number of rotatable bonds is 6. The van der Waals surface area contributed by atoms with Crippen LogP contribution in [0.1, 0.15) is 18.6 Å². The van der Waals surface area contributed by atoms with Crippen molar-refractivity contribution >= 4 is 15.8 Å². The van der Waals surface area contributed by atoms with E-state index in [9.17, 15) is 18.3 Å². The Morgan fingerprint density at radius 2 is 1.76 bits per heavy atom. The normalized spacial score (nSPS) is 12.6. The molecule has 1 rings (SSSR count). The van der Waals surface area contributed by atoms with Gasteiger partial charge in [0.05, 0.1) is 26.4 Å². The molecule has 7 nitrogen and oxygen atoms in total. The van der Waals surface area contributed by atoms with Crippen molar-refractivity contribution in [1.29, 1.82) is 0 Å². The van der Waals surface area contributed by atoms with E-state index in [0.717, 1.165) is 6.26 Å². The van der Waals surface area contributed by atoms with E-state index < -0.39 is 21.9 Å². The van der Waals surface area contributed by atoms with Gasteiger partial charge in [0.25, 0.3) is 0 Å². The lowest BCUT2D eigenvalue weighted by molar-refractivity contribution is -0.153. The summed E-state index contributed by atoms with van der Waals surface area (Å²) in [5, 5.41) is 10.1. The van der Waals surface area contributed by atoms with Gasteiger partial charge in [-0.1, -0.05) is 0 Å². The first-order valence-corrected chi connectivity index (χ1v) is 7.96. The Bertz CT molecular complexity index is 622. The maximum Gasteiger partial charge on any atom is 0.339 e. The number of hydrogen-bond donors (Lipinski definition) is 1. The average molecular weight is 318 g/mol. The van der Waals surface area contributed by atoms with E-state index in [-0.39, 0.29) is 28.6 Å². The number of esters is 1. The van der Waals surface area contributed by atoms with Crippen molar-refractivity contribution in [2.75, 3.05) is 27.1 Å².